The van der Waals surface area contributed by atoms with Crippen molar-refractivity contribution in [3.63, 3.8) is 0 Å². The molecule has 110 valence electrons. The second-order valence-corrected chi connectivity index (χ2v) is 5.15. The molecule has 3 N–H and O–H groups in total. The van der Waals surface area contributed by atoms with Crippen LogP contribution in [-0.2, 0) is 4.79 Å². The minimum atomic E-state index is -0.535. The maximum atomic E-state index is 11.8. The van der Waals surface area contributed by atoms with Crippen molar-refractivity contribution in [3.05, 3.63) is 29.8 Å². The zero-order valence-corrected chi connectivity index (χ0v) is 12.5. The molecule has 0 atom stereocenters. The van der Waals surface area contributed by atoms with E-state index in [-0.39, 0.29) is 5.91 Å². The minimum Gasteiger partial charge on any atom is -0.366 e. The summed E-state index contributed by atoms with van der Waals surface area (Å²) in [6.07, 6.45) is 5.78. The van der Waals surface area contributed by atoms with E-state index in [0.29, 0.717) is 17.7 Å². The topological polar surface area (TPSA) is 72.2 Å². The second kappa shape index (κ2) is 9.42. The smallest absolute Gasteiger partial charge is 0.250 e. The highest BCUT2D eigenvalue weighted by molar-refractivity contribution is 7.80. The van der Waals surface area contributed by atoms with Gasteiger partial charge in [0.25, 0.3) is 5.91 Å². The van der Waals surface area contributed by atoms with Crippen molar-refractivity contribution in [1.82, 2.24) is 0 Å². The molecule has 0 spiro atoms. The Kier molecular flexibility index (Phi) is 7.80. The van der Waals surface area contributed by atoms with Crippen LogP contribution >= 0.6 is 12.6 Å². The molecule has 20 heavy (non-hydrogen) atoms. The zero-order chi connectivity index (χ0) is 14.8. The first-order valence-electron chi connectivity index (χ1n) is 6.94. The third-order valence-corrected chi connectivity index (χ3v) is 3.34. The van der Waals surface area contributed by atoms with Gasteiger partial charge in [-0.25, -0.2) is 0 Å². The van der Waals surface area contributed by atoms with Gasteiger partial charge in [0.1, 0.15) is 0 Å². The molecule has 0 saturated heterocycles. The van der Waals surface area contributed by atoms with Gasteiger partial charge in [-0.2, -0.15) is 12.6 Å². The summed E-state index contributed by atoms with van der Waals surface area (Å²) >= 11 is 4.16. The molecule has 4 nitrogen and oxygen atoms in total. The van der Waals surface area contributed by atoms with Crippen LogP contribution in [0, 0.1) is 0 Å². The lowest BCUT2D eigenvalue weighted by molar-refractivity contribution is -0.116. The van der Waals surface area contributed by atoms with E-state index >= 15 is 0 Å². The first-order valence-corrected chi connectivity index (χ1v) is 7.58. The normalized spacial score (nSPS) is 10.2. The Morgan fingerprint density at radius 2 is 1.70 bits per heavy atom. The average molecular weight is 294 g/mol. The van der Waals surface area contributed by atoms with Crippen molar-refractivity contribution >= 4 is 30.1 Å². The van der Waals surface area contributed by atoms with Gasteiger partial charge >= 0.3 is 0 Å². The quantitative estimate of drug-likeness (QED) is 0.484. The lowest BCUT2D eigenvalue weighted by Gasteiger charge is -2.08. The first-order chi connectivity index (χ1) is 9.65. The third kappa shape index (κ3) is 6.10. The van der Waals surface area contributed by atoms with Crippen molar-refractivity contribution < 1.29 is 9.59 Å². The van der Waals surface area contributed by atoms with E-state index < -0.39 is 5.91 Å². The van der Waals surface area contributed by atoms with Crippen LogP contribution in [0.2, 0.25) is 0 Å². The lowest BCUT2D eigenvalue weighted by Crippen LogP contribution is -2.17. The van der Waals surface area contributed by atoms with Crippen LogP contribution in [0.25, 0.3) is 0 Å². The largest absolute Gasteiger partial charge is 0.366 e. The number of anilines is 1. The maximum absolute atomic E-state index is 11.8. The molecule has 0 radical (unpaired) electrons. The molecule has 1 rings (SSSR count). The van der Waals surface area contributed by atoms with Crippen LogP contribution in [0.5, 0.6) is 0 Å². The van der Waals surface area contributed by atoms with E-state index in [1.807, 2.05) is 0 Å². The van der Waals surface area contributed by atoms with E-state index in [1.54, 1.807) is 24.3 Å². The van der Waals surface area contributed by atoms with Crippen LogP contribution in [0.1, 0.15) is 48.9 Å². The van der Waals surface area contributed by atoms with Gasteiger partial charge in [-0.05, 0) is 30.7 Å². The Labute approximate surface area is 125 Å². The fourth-order valence-electron chi connectivity index (χ4n) is 1.95. The van der Waals surface area contributed by atoms with Crippen LogP contribution in [-0.4, -0.2) is 17.6 Å². The number of rotatable bonds is 9. The molecule has 1 aromatic rings. The van der Waals surface area contributed by atoms with Crippen molar-refractivity contribution in [2.24, 2.45) is 5.73 Å². The molecular weight excluding hydrogens is 272 g/mol. The summed E-state index contributed by atoms with van der Waals surface area (Å²) in [5, 5.41) is 2.74. The number of thiol groups is 1. The van der Waals surface area contributed by atoms with Gasteiger partial charge in [-0.3, -0.25) is 9.59 Å². The summed E-state index contributed by atoms with van der Waals surface area (Å²) < 4.78 is 0. The Bertz CT molecular complexity index is 449. The summed E-state index contributed by atoms with van der Waals surface area (Å²) in [4.78, 5) is 23.0. The molecule has 0 aliphatic heterocycles. The van der Waals surface area contributed by atoms with E-state index in [9.17, 15) is 9.59 Å². The number of para-hydroxylation sites is 1. The molecular formula is C15H22N2O2S. The van der Waals surface area contributed by atoms with Crippen LogP contribution in [0.15, 0.2) is 24.3 Å². The lowest BCUT2D eigenvalue weighted by atomic mass is 10.1. The molecule has 0 fully saturated rings. The molecule has 0 bridgehead atoms. The number of hydrogen-bond acceptors (Lipinski definition) is 3. The van der Waals surface area contributed by atoms with Crippen LogP contribution in [0.3, 0.4) is 0 Å². The van der Waals surface area contributed by atoms with Crippen LogP contribution in [0.4, 0.5) is 5.69 Å². The van der Waals surface area contributed by atoms with Gasteiger partial charge in [0, 0.05) is 6.42 Å². The molecule has 0 aliphatic rings. The number of amides is 2. The summed E-state index contributed by atoms with van der Waals surface area (Å²) in [6, 6.07) is 6.77. The van der Waals surface area contributed by atoms with Crippen molar-refractivity contribution in [2.45, 2.75) is 38.5 Å². The monoisotopic (exact) mass is 294 g/mol. The highest BCUT2D eigenvalue weighted by Gasteiger charge is 2.09. The molecule has 0 saturated carbocycles. The second-order valence-electron chi connectivity index (χ2n) is 4.70. The fraction of sp³-hybridized carbons (Fsp3) is 0.467. The van der Waals surface area contributed by atoms with Crippen molar-refractivity contribution in [2.75, 3.05) is 11.1 Å². The Morgan fingerprint density at radius 3 is 2.40 bits per heavy atom. The number of primary amides is 1. The summed E-state index contributed by atoms with van der Waals surface area (Å²) in [7, 11) is 0. The van der Waals surface area contributed by atoms with Crippen LogP contribution < -0.4 is 11.1 Å². The van der Waals surface area contributed by atoms with E-state index in [2.05, 4.69) is 17.9 Å². The zero-order valence-electron chi connectivity index (χ0n) is 11.6. The molecule has 0 aromatic heterocycles. The summed E-state index contributed by atoms with van der Waals surface area (Å²) in [5.74, 6) is 0.310. The van der Waals surface area contributed by atoms with Gasteiger partial charge in [0.05, 0.1) is 11.3 Å². The molecule has 0 heterocycles. The highest BCUT2D eigenvalue weighted by Crippen LogP contribution is 2.15. The third-order valence-electron chi connectivity index (χ3n) is 3.03. The van der Waals surface area contributed by atoms with Gasteiger partial charge in [-0.15, -0.1) is 0 Å². The summed E-state index contributed by atoms with van der Waals surface area (Å²) in [5.41, 5.74) is 6.09. The summed E-state index contributed by atoms with van der Waals surface area (Å²) in [6.45, 7) is 0. The molecule has 2 amide bonds. The fourth-order valence-corrected chi connectivity index (χ4v) is 2.17. The van der Waals surface area contributed by atoms with Gasteiger partial charge in [-0.1, -0.05) is 31.4 Å². The predicted molar refractivity (Wildman–Crippen MR) is 85.1 cm³/mol. The maximum Gasteiger partial charge on any atom is 0.250 e. The predicted octanol–water partition coefficient (Wildman–Crippen LogP) is 2.99. The number of hydrogen-bond donors (Lipinski definition) is 3. The number of nitrogens with one attached hydrogen (secondary N) is 1. The number of benzene rings is 1. The van der Waals surface area contributed by atoms with E-state index in [1.165, 1.54) is 0 Å². The molecule has 5 heteroatoms. The van der Waals surface area contributed by atoms with E-state index in [4.69, 9.17) is 5.73 Å². The molecule has 1 aromatic carbocycles. The number of nitrogens with two attached hydrogens (primary N) is 1. The Balaban J connectivity index is 2.34. The minimum absolute atomic E-state index is 0.0760. The number of carbonyl (C=O) groups is 2. The number of unbranched alkanes of at least 4 members (excludes halogenated alkanes) is 4. The van der Waals surface area contributed by atoms with Crippen molar-refractivity contribution in [1.29, 1.82) is 0 Å². The van der Waals surface area contributed by atoms with Crippen molar-refractivity contribution in [3.8, 4) is 0 Å². The SMILES string of the molecule is NC(=O)c1ccccc1NC(=O)CCCCCCCS. The van der Waals surface area contributed by atoms with Gasteiger partial charge in [0.15, 0.2) is 0 Å². The Morgan fingerprint density at radius 1 is 1.05 bits per heavy atom. The van der Waals surface area contributed by atoms with Gasteiger partial charge in [0.2, 0.25) is 5.91 Å². The molecule has 0 unspecified atom stereocenters. The highest BCUT2D eigenvalue weighted by atomic mass is 32.1. The standard InChI is InChI=1S/C15H22N2O2S/c16-15(19)12-8-5-6-9-13(12)17-14(18)10-4-2-1-3-7-11-20/h5-6,8-9,20H,1-4,7,10-11H2,(H2,16,19)(H,17,18). The van der Waals surface area contributed by atoms with E-state index in [0.717, 1.165) is 37.9 Å². The average Bonchev–Trinajstić information content (AvgIpc) is 2.43. The first kappa shape index (κ1) is 16.6. The molecule has 0 aliphatic carbocycles. The Hall–Kier alpha value is -1.49. The number of carbonyl (C=O) groups excluding carboxylic acids is 2. The van der Waals surface area contributed by atoms with Gasteiger partial charge < -0.3 is 11.1 Å².